The number of nitrogens with zero attached hydrogens (tertiary/aromatic N) is 1. The Labute approximate surface area is 110 Å². The second-order valence-corrected chi connectivity index (χ2v) is 4.65. The van der Waals surface area contributed by atoms with E-state index < -0.39 is 11.1 Å². The number of aryl methyl sites for hydroxylation is 1. The van der Waals surface area contributed by atoms with Crippen molar-refractivity contribution in [3.63, 3.8) is 0 Å². The van der Waals surface area contributed by atoms with Crippen LogP contribution in [0, 0.1) is 6.92 Å². The van der Waals surface area contributed by atoms with E-state index in [9.17, 15) is 14.7 Å². The molecule has 0 unspecified atom stereocenters. The summed E-state index contributed by atoms with van der Waals surface area (Å²) < 4.78 is 0. The lowest BCUT2D eigenvalue weighted by Crippen LogP contribution is -2.20. The molecular formula is C12H8ClN3O3. The summed E-state index contributed by atoms with van der Waals surface area (Å²) in [6.07, 6.45) is 0. The third kappa shape index (κ3) is 1.61. The number of nitrogens with one attached hydrogen (secondary N) is 2. The van der Waals surface area contributed by atoms with E-state index in [0.29, 0.717) is 21.5 Å². The monoisotopic (exact) mass is 277 g/mol. The first-order valence-electron chi connectivity index (χ1n) is 5.42. The predicted molar refractivity (Wildman–Crippen MR) is 71.9 cm³/mol. The van der Waals surface area contributed by atoms with Crippen molar-refractivity contribution in [1.29, 1.82) is 0 Å². The highest BCUT2D eigenvalue weighted by molar-refractivity contribution is 6.31. The van der Waals surface area contributed by atoms with Crippen molar-refractivity contribution in [3.05, 3.63) is 43.4 Å². The Hall–Kier alpha value is -2.34. The minimum absolute atomic E-state index is 0.115. The summed E-state index contributed by atoms with van der Waals surface area (Å²) in [6.45, 7) is 1.74. The zero-order chi connectivity index (χ0) is 13.7. The maximum Gasteiger partial charge on any atom is 0.289 e. The molecule has 0 amide bonds. The molecule has 1 aromatic carbocycles. The normalized spacial score (nSPS) is 11.3. The van der Waals surface area contributed by atoms with Crippen molar-refractivity contribution in [2.75, 3.05) is 0 Å². The van der Waals surface area contributed by atoms with Gasteiger partial charge in [0.05, 0.1) is 5.52 Å². The van der Waals surface area contributed by atoms with E-state index in [4.69, 9.17) is 11.6 Å². The largest absolute Gasteiger partial charge is 0.506 e. The summed E-state index contributed by atoms with van der Waals surface area (Å²) in [7, 11) is 0. The van der Waals surface area contributed by atoms with Gasteiger partial charge >= 0.3 is 0 Å². The van der Waals surface area contributed by atoms with Gasteiger partial charge in [0, 0.05) is 10.4 Å². The van der Waals surface area contributed by atoms with E-state index in [1.807, 2.05) is 0 Å². The maximum absolute atomic E-state index is 11.7. The molecule has 96 valence electrons. The summed E-state index contributed by atoms with van der Waals surface area (Å²) in [5.74, 6) is -0.262. The van der Waals surface area contributed by atoms with Crippen LogP contribution in [0.15, 0.2) is 21.7 Å². The topological polar surface area (TPSA) is 98.8 Å². The van der Waals surface area contributed by atoms with Crippen LogP contribution in [-0.4, -0.2) is 20.3 Å². The Balaban J connectivity index is 2.72. The zero-order valence-corrected chi connectivity index (χ0v) is 10.5. The van der Waals surface area contributed by atoms with Crippen LogP contribution < -0.4 is 11.1 Å². The summed E-state index contributed by atoms with van der Waals surface area (Å²) in [5.41, 5.74) is -0.254. The lowest BCUT2D eigenvalue weighted by atomic mass is 10.1. The van der Waals surface area contributed by atoms with Gasteiger partial charge in [0.1, 0.15) is 16.7 Å². The first-order chi connectivity index (χ1) is 8.99. The third-order valence-electron chi connectivity index (χ3n) is 2.95. The van der Waals surface area contributed by atoms with Crippen molar-refractivity contribution < 1.29 is 5.11 Å². The lowest BCUT2D eigenvalue weighted by molar-refractivity contribution is 0.486. The molecule has 0 saturated carbocycles. The van der Waals surface area contributed by atoms with Crippen molar-refractivity contribution in [2.24, 2.45) is 0 Å². The molecule has 0 aliphatic rings. The van der Waals surface area contributed by atoms with Gasteiger partial charge in [0.2, 0.25) is 0 Å². The summed E-state index contributed by atoms with van der Waals surface area (Å²) >= 11 is 5.92. The van der Waals surface area contributed by atoms with Crippen LogP contribution in [0.25, 0.3) is 21.8 Å². The van der Waals surface area contributed by atoms with Gasteiger partial charge in [-0.1, -0.05) is 11.6 Å². The number of H-pyrrole nitrogens is 2. The molecule has 19 heavy (non-hydrogen) atoms. The van der Waals surface area contributed by atoms with Crippen molar-refractivity contribution >= 4 is 33.4 Å². The minimum Gasteiger partial charge on any atom is -0.506 e. The number of rotatable bonds is 0. The number of hydrogen-bond donors (Lipinski definition) is 3. The molecule has 6 nitrogen and oxygen atoms in total. The fourth-order valence-electron chi connectivity index (χ4n) is 2.15. The zero-order valence-electron chi connectivity index (χ0n) is 9.74. The van der Waals surface area contributed by atoms with Crippen molar-refractivity contribution in [3.8, 4) is 5.75 Å². The Morgan fingerprint density at radius 2 is 1.84 bits per heavy atom. The number of benzene rings is 1. The molecule has 7 heteroatoms. The van der Waals surface area contributed by atoms with Crippen LogP contribution in [0.4, 0.5) is 0 Å². The van der Waals surface area contributed by atoms with E-state index >= 15 is 0 Å². The van der Waals surface area contributed by atoms with Gasteiger partial charge in [-0.3, -0.25) is 19.8 Å². The third-order valence-corrected chi connectivity index (χ3v) is 3.17. The average Bonchev–Trinajstić information content (AvgIpc) is 2.32. The van der Waals surface area contributed by atoms with Crippen LogP contribution in [-0.2, 0) is 0 Å². The van der Waals surface area contributed by atoms with Gasteiger partial charge < -0.3 is 5.11 Å². The van der Waals surface area contributed by atoms with E-state index in [1.54, 1.807) is 13.0 Å². The number of fused-ring (bicyclic) bond motifs is 2. The molecule has 0 aliphatic heterocycles. The predicted octanol–water partition coefficient (Wildman–Crippen LogP) is 1.43. The molecule has 3 aromatic rings. The van der Waals surface area contributed by atoms with E-state index in [0.717, 1.165) is 0 Å². The van der Waals surface area contributed by atoms with Gasteiger partial charge in [-0.2, -0.15) is 0 Å². The molecule has 3 rings (SSSR count). The molecule has 3 N–H and O–H groups in total. The Kier molecular flexibility index (Phi) is 2.36. The summed E-state index contributed by atoms with van der Waals surface area (Å²) in [5, 5.41) is 15.3. The van der Waals surface area contributed by atoms with E-state index in [2.05, 4.69) is 15.2 Å². The minimum atomic E-state index is -0.601. The van der Waals surface area contributed by atoms with Gasteiger partial charge in [-0.25, -0.2) is 4.98 Å². The highest BCUT2D eigenvalue weighted by atomic mass is 35.5. The van der Waals surface area contributed by atoms with Crippen molar-refractivity contribution in [2.45, 2.75) is 6.92 Å². The maximum atomic E-state index is 11.7. The first kappa shape index (κ1) is 11.7. The smallest absolute Gasteiger partial charge is 0.289 e. The second-order valence-electron chi connectivity index (χ2n) is 4.21. The number of aromatic amines is 2. The van der Waals surface area contributed by atoms with Gasteiger partial charge in [0.15, 0.2) is 0 Å². The molecular weight excluding hydrogens is 270 g/mol. The Morgan fingerprint density at radius 1 is 1.16 bits per heavy atom. The number of pyridine rings is 1. The van der Waals surface area contributed by atoms with Crippen LogP contribution in [0.3, 0.4) is 0 Å². The molecule has 2 heterocycles. The second kappa shape index (κ2) is 3.83. The lowest BCUT2D eigenvalue weighted by Gasteiger charge is -2.07. The highest BCUT2D eigenvalue weighted by Gasteiger charge is 2.15. The van der Waals surface area contributed by atoms with Gasteiger partial charge in [0.25, 0.3) is 11.1 Å². The van der Waals surface area contributed by atoms with Gasteiger partial charge in [-0.05, 0) is 24.6 Å². The van der Waals surface area contributed by atoms with Crippen LogP contribution in [0.2, 0.25) is 5.02 Å². The standard InChI is InChI=1S/C12H8ClN3O3/c1-4-2-5(13)3-6-7(4)10(17)8-9(14-6)12(19)16-15-11(8)18/h2-3H,1H3,(H,14,17)(H,15,18)(H,16,19). The molecule has 2 aromatic heterocycles. The van der Waals surface area contributed by atoms with E-state index in [-0.39, 0.29) is 16.7 Å². The molecule has 0 spiro atoms. The summed E-state index contributed by atoms with van der Waals surface area (Å²) in [6, 6.07) is 3.18. The van der Waals surface area contributed by atoms with E-state index in [1.165, 1.54) is 6.07 Å². The number of halogens is 1. The molecule has 0 bridgehead atoms. The molecule has 0 fully saturated rings. The Bertz CT molecular complexity index is 943. The number of hydrogen-bond acceptors (Lipinski definition) is 4. The number of aromatic hydroxyl groups is 1. The summed E-state index contributed by atoms with van der Waals surface area (Å²) in [4.78, 5) is 27.5. The molecule has 0 atom stereocenters. The molecule has 0 aliphatic carbocycles. The fourth-order valence-corrected chi connectivity index (χ4v) is 2.42. The average molecular weight is 278 g/mol. The Morgan fingerprint density at radius 3 is 2.58 bits per heavy atom. The van der Waals surface area contributed by atoms with Crippen LogP contribution >= 0.6 is 11.6 Å². The van der Waals surface area contributed by atoms with Crippen LogP contribution in [0.1, 0.15) is 5.56 Å². The number of aromatic nitrogens is 3. The molecule has 0 saturated heterocycles. The van der Waals surface area contributed by atoms with Crippen molar-refractivity contribution in [1.82, 2.24) is 15.2 Å². The highest BCUT2D eigenvalue weighted by Crippen LogP contribution is 2.32. The first-order valence-corrected chi connectivity index (χ1v) is 5.80. The fraction of sp³-hybridized carbons (Fsp3) is 0.0833. The van der Waals surface area contributed by atoms with Gasteiger partial charge in [-0.15, -0.1) is 0 Å². The SMILES string of the molecule is Cc1cc(Cl)cc2nc3c(=O)[nH][nH]c(=O)c3c(O)c12. The van der Waals surface area contributed by atoms with Crippen LogP contribution in [0.5, 0.6) is 5.75 Å². The molecule has 0 radical (unpaired) electrons. The quantitative estimate of drug-likeness (QED) is 0.541.